The summed E-state index contributed by atoms with van der Waals surface area (Å²) in [7, 11) is 0. The summed E-state index contributed by atoms with van der Waals surface area (Å²) in [6.07, 6.45) is 2.03. The van der Waals surface area contributed by atoms with Crippen LogP contribution < -0.4 is 5.73 Å². The average molecular weight is 154 g/mol. The van der Waals surface area contributed by atoms with E-state index in [4.69, 9.17) is 10.5 Å². The molecule has 1 aliphatic rings. The van der Waals surface area contributed by atoms with Crippen LogP contribution in [-0.2, 0) is 4.74 Å². The number of hydrogen-bond donors (Lipinski definition) is 1. The van der Waals surface area contributed by atoms with E-state index in [1.807, 2.05) is 6.20 Å². The maximum atomic E-state index is 5.46. The molecule has 0 aromatic rings. The van der Waals surface area contributed by atoms with Gasteiger partial charge < -0.3 is 15.4 Å². The van der Waals surface area contributed by atoms with Crippen molar-refractivity contribution in [1.29, 1.82) is 0 Å². The van der Waals surface area contributed by atoms with E-state index in [0.717, 1.165) is 19.7 Å². The molecule has 0 radical (unpaired) electrons. The third kappa shape index (κ3) is 2.39. The summed E-state index contributed by atoms with van der Waals surface area (Å²) in [6.45, 7) is 6.62. The van der Waals surface area contributed by atoms with Crippen molar-refractivity contribution in [2.75, 3.05) is 26.2 Å². The lowest BCUT2D eigenvalue weighted by atomic mass is 10.3. The van der Waals surface area contributed by atoms with Gasteiger partial charge in [-0.15, -0.1) is 5.73 Å². The van der Waals surface area contributed by atoms with E-state index >= 15 is 0 Å². The van der Waals surface area contributed by atoms with Crippen LogP contribution in [0.2, 0.25) is 0 Å². The first-order chi connectivity index (χ1) is 5.36. The van der Waals surface area contributed by atoms with Crippen LogP contribution in [0, 0.1) is 0 Å². The first-order valence-electron chi connectivity index (χ1n) is 3.78. The predicted octanol–water partition coefficient (Wildman–Crippen LogP) is -0.0555. The van der Waals surface area contributed by atoms with Crippen molar-refractivity contribution in [2.24, 2.45) is 5.73 Å². The van der Waals surface area contributed by atoms with Crippen molar-refractivity contribution < 1.29 is 4.74 Å². The number of hydrogen-bond acceptors (Lipinski definition) is 3. The summed E-state index contributed by atoms with van der Waals surface area (Å²) in [5.74, 6) is 0. The molecule has 1 unspecified atom stereocenters. The van der Waals surface area contributed by atoms with Crippen molar-refractivity contribution in [1.82, 2.24) is 4.90 Å². The quantitative estimate of drug-likeness (QED) is 0.566. The monoisotopic (exact) mass is 154 g/mol. The van der Waals surface area contributed by atoms with Gasteiger partial charge in [0.2, 0.25) is 0 Å². The van der Waals surface area contributed by atoms with Crippen LogP contribution in [0.15, 0.2) is 18.5 Å². The molecule has 0 amide bonds. The molecule has 0 saturated carbocycles. The fourth-order valence-electron chi connectivity index (χ4n) is 1.13. The second kappa shape index (κ2) is 4.19. The third-order valence-corrected chi connectivity index (χ3v) is 1.71. The van der Waals surface area contributed by atoms with Gasteiger partial charge in [0, 0.05) is 25.8 Å². The lowest BCUT2D eigenvalue weighted by molar-refractivity contribution is -0.00664. The Balaban J connectivity index is 2.38. The van der Waals surface area contributed by atoms with Gasteiger partial charge in [-0.05, 0) is 0 Å². The molecule has 0 aromatic heterocycles. The van der Waals surface area contributed by atoms with Crippen LogP contribution >= 0.6 is 0 Å². The minimum absolute atomic E-state index is 0.174. The van der Waals surface area contributed by atoms with E-state index < -0.39 is 0 Å². The minimum Gasteiger partial charge on any atom is -0.373 e. The zero-order valence-electron chi connectivity index (χ0n) is 6.62. The predicted molar refractivity (Wildman–Crippen MR) is 44.1 cm³/mol. The van der Waals surface area contributed by atoms with E-state index in [9.17, 15) is 0 Å². The Kier molecular flexibility index (Phi) is 3.17. The number of morpholine rings is 1. The Morgan fingerprint density at radius 2 is 2.64 bits per heavy atom. The van der Waals surface area contributed by atoms with Crippen LogP contribution in [-0.4, -0.2) is 37.2 Å². The van der Waals surface area contributed by atoms with Crippen LogP contribution in [0.4, 0.5) is 0 Å². The fourth-order valence-corrected chi connectivity index (χ4v) is 1.13. The van der Waals surface area contributed by atoms with Gasteiger partial charge in [0.25, 0.3) is 0 Å². The van der Waals surface area contributed by atoms with Gasteiger partial charge in [-0.25, -0.2) is 0 Å². The summed E-state index contributed by atoms with van der Waals surface area (Å²) < 4.78 is 5.37. The van der Waals surface area contributed by atoms with Crippen LogP contribution in [0.3, 0.4) is 0 Å². The largest absolute Gasteiger partial charge is 0.373 e. The number of nitrogens with two attached hydrogens (primary N) is 1. The van der Waals surface area contributed by atoms with Gasteiger partial charge in [-0.1, -0.05) is 6.58 Å². The normalized spacial score (nSPS) is 24.5. The third-order valence-electron chi connectivity index (χ3n) is 1.71. The average Bonchev–Trinajstić information content (AvgIpc) is 2.06. The molecule has 0 aliphatic carbocycles. The molecule has 0 aromatic carbocycles. The van der Waals surface area contributed by atoms with Crippen molar-refractivity contribution in [3.63, 3.8) is 0 Å². The Morgan fingerprint density at radius 3 is 3.27 bits per heavy atom. The maximum absolute atomic E-state index is 5.46. The molecule has 1 fully saturated rings. The zero-order chi connectivity index (χ0) is 8.10. The Hall–Kier alpha value is -0.760. The standard InChI is InChI=1S/C8H14N2O/c1-2-3-10-4-5-11-8(6-9)7-10/h3,8H,1,4-7,9H2. The van der Waals surface area contributed by atoms with Gasteiger partial charge in [0.15, 0.2) is 0 Å². The van der Waals surface area contributed by atoms with Crippen LogP contribution in [0.1, 0.15) is 0 Å². The van der Waals surface area contributed by atoms with Crippen molar-refractivity contribution >= 4 is 0 Å². The summed E-state index contributed by atoms with van der Waals surface area (Å²) in [4.78, 5) is 2.12. The number of nitrogens with zero attached hydrogens (tertiary/aromatic N) is 1. The molecule has 2 N–H and O–H groups in total. The van der Waals surface area contributed by atoms with E-state index in [1.165, 1.54) is 0 Å². The summed E-state index contributed by atoms with van der Waals surface area (Å²) in [5.41, 5.74) is 8.20. The molecule has 0 bridgehead atoms. The highest BCUT2D eigenvalue weighted by atomic mass is 16.5. The lowest BCUT2D eigenvalue weighted by Gasteiger charge is -2.30. The highest BCUT2D eigenvalue weighted by molar-refractivity contribution is 4.82. The minimum atomic E-state index is 0.174. The van der Waals surface area contributed by atoms with Crippen molar-refractivity contribution in [2.45, 2.75) is 6.10 Å². The maximum Gasteiger partial charge on any atom is 0.0872 e. The summed E-state index contributed by atoms with van der Waals surface area (Å²) >= 11 is 0. The van der Waals surface area contributed by atoms with E-state index in [2.05, 4.69) is 17.2 Å². The topological polar surface area (TPSA) is 38.5 Å². The zero-order valence-corrected chi connectivity index (χ0v) is 6.62. The van der Waals surface area contributed by atoms with Gasteiger partial charge in [-0.2, -0.15) is 0 Å². The Bertz CT molecular complexity index is 163. The second-order valence-corrected chi connectivity index (χ2v) is 2.56. The highest BCUT2D eigenvalue weighted by Gasteiger charge is 2.15. The molecule has 1 saturated heterocycles. The number of ether oxygens (including phenoxy) is 1. The molecule has 1 rings (SSSR count). The molecular weight excluding hydrogens is 140 g/mol. The van der Waals surface area contributed by atoms with E-state index in [0.29, 0.717) is 6.54 Å². The molecule has 62 valence electrons. The molecule has 0 spiro atoms. The highest BCUT2D eigenvalue weighted by Crippen LogP contribution is 2.03. The molecule has 3 heteroatoms. The van der Waals surface area contributed by atoms with Gasteiger partial charge in [-0.3, -0.25) is 0 Å². The van der Waals surface area contributed by atoms with Crippen LogP contribution in [0.5, 0.6) is 0 Å². The smallest absolute Gasteiger partial charge is 0.0872 e. The van der Waals surface area contributed by atoms with Crippen LogP contribution in [0.25, 0.3) is 0 Å². The van der Waals surface area contributed by atoms with E-state index in [1.54, 1.807) is 0 Å². The van der Waals surface area contributed by atoms with Gasteiger partial charge in [0.05, 0.1) is 12.7 Å². The second-order valence-electron chi connectivity index (χ2n) is 2.56. The Morgan fingerprint density at radius 1 is 1.82 bits per heavy atom. The first kappa shape index (κ1) is 8.34. The van der Waals surface area contributed by atoms with Gasteiger partial charge >= 0.3 is 0 Å². The molecule has 1 atom stereocenters. The molecule has 1 heterocycles. The molecule has 11 heavy (non-hydrogen) atoms. The van der Waals surface area contributed by atoms with Gasteiger partial charge in [0.1, 0.15) is 0 Å². The lowest BCUT2D eigenvalue weighted by Crippen LogP contribution is -2.42. The van der Waals surface area contributed by atoms with E-state index in [-0.39, 0.29) is 6.10 Å². The molecule has 1 aliphatic heterocycles. The Labute approximate surface area is 67.1 Å². The number of rotatable bonds is 2. The molecule has 3 nitrogen and oxygen atoms in total. The summed E-state index contributed by atoms with van der Waals surface area (Å²) in [5, 5.41) is 0. The molecular formula is C8H14N2O. The fraction of sp³-hybridized carbons (Fsp3) is 0.625. The SMILES string of the molecule is C=C=CN1CCOC(CN)C1. The summed E-state index contributed by atoms with van der Waals surface area (Å²) in [6, 6.07) is 0. The van der Waals surface area contributed by atoms with Crippen molar-refractivity contribution in [3.05, 3.63) is 18.5 Å². The van der Waals surface area contributed by atoms with Crippen molar-refractivity contribution in [3.8, 4) is 0 Å². The first-order valence-corrected chi connectivity index (χ1v) is 3.78.